The number of rotatable bonds is 6. The molecule has 3 atom stereocenters. The Balaban J connectivity index is 2.11. The fourth-order valence-electron chi connectivity index (χ4n) is 3.58. The smallest absolute Gasteiger partial charge is 0.326 e. The number of aliphatic carboxylic acids is 1. The van der Waals surface area contributed by atoms with Crippen LogP contribution < -0.4 is 0 Å². The first-order chi connectivity index (χ1) is 13.4. The van der Waals surface area contributed by atoms with E-state index in [4.69, 9.17) is 16.3 Å². The second-order valence-electron chi connectivity index (χ2n) is 6.72. The fourth-order valence-corrected chi connectivity index (χ4v) is 3.97. The molecule has 7 heteroatoms. The van der Waals surface area contributed by atoms with Crippen molar-refractivity contribution >= 4 is 39.4 Å². The molecule has 5 nitrogen and oxygen atoms in total. The Morgan fingerprint density at radius 1 is 1.21 bits per heavy atom. The second-order valence-corrected chi connectivity index (χ2v) is 8.08. The Morgan fingerprint density at radius 3 is 2.39 bits per heavy atom. The van der Waals surface area contributed by atoms with E-state index in [0.29, 0.717) is 17.9 Å². The quantitative estimate of drug-likeness (QED) is 0.651. The first-order valence-electron chi connectivity index (χ1n) is 9.09. The summed E-state index contributed by atoms with van der Waals surface area (Å²) in [7, 11) is 0. The predicted molar refractivity (Wildman–Crippen MR) is 110 cm³/mol. The van der Waals surface area contributed by atoms with Crippen LogP contribution in [0.5, 0.6) is 0 Å². The molecule has 1 aliphatic rings. The average Bonchev–Trinajstić information content (AvgIpc) is 2.67. The van der Waals surface area contributed by atoms with E-state index in [1.807, 2.05) is 43.3 Å². The first kappa shape index (κ1) is 20.8. The Hall–Kier alpha value is -1.89. The molecule has 0 spiro atoms. The number of carboxylic acid groups (broad SMARTS) is 1. The van der Waals surface area contributed by atoms with Crippen molar-refractivity contribution in [3.63, 3.8) is 0 Å². The third kappa shape index (κ3) is 4.40. The summed E-state index contributed by atoms with van der Waals surface area (Å²) in [6, 6.07) is 13.3. The van der Waals surface area contributed by atoms with Crippen LogP contribution in [0.2, 0.25) is 5.02 Å². The van der Waals surface area contributed by atoms with Gasteiger partial charge in [-0.05, 0) is 41.8 Å². The van der Waals surface area contributed by atoms with Gasteiger partial charge in [0.1, 0.15) is 18.8 Å². The molecule has 1 heterocycles. The van der Waals surface area contributed by atoms with Crippen molar-refractivity contribution in [3.8, 4) is 0 Å². The van der Waals surface area contributed by atoms with Crippen LogP contribution in [0, 0.1) is 0 Å². The van der Waals surface area contributed by atoms with Gasteiger partial charge in [-0.25, -0.2) is 4.79 Å². The summed E-state index contributed by atoms with van der Waals surface area (Å²) in [5.41, 5.74) is 1.66. The molecule has 3 rings (SSSR count). The summed E-state index contributed by atoms with van der Waals surface area (Å²) in [5, 5.41) is 10.4. The van der Waals surface area contributed by atoms with Crippen LogP contribution in [-0.4, -0.2) is 34.5 Å². The summed E-state index contributed by atoms with van der Waals surface area (Å²) in [6.07, 6.45) is 0.539. The minimum absolute atomic E-state index is 0.159. The molecule has 1 aliphatic heterocycles. The third-order valence-electron chi connectivity index (χ3n) is 4.85. The number of hydrogen-bond acceptors (Lipinski definition) is 3. The molecule has 0 aliphatic carbocycles. The molecule has 1 N–H and O–H groups in total. The zero-order valence-electron chi connectivity index (χ0n) is 15.3. The average molecular weight is 467 g/mol. The molecule has 0 bridgehead atoms. The highest BCUT2D eigenvalue weighted by atomic mass is 79.9. The van der Waals surface area contributed by atoms with Crippen molar-refractivity contribution in [1.82, 2.24) is 4.90 Å². The third-order valence-corrected chi connectivity index (χ3v) is 5.63. The summed E-state index contributed by atoms with van der Waals surface area (Å²) in [6.45, 7) is 1.75. The zero-order chi connectivity index (χ0) is 20.3. The molecule has 2 aromatic carbocycles. The van der Waals surface area contributed by atoms with Crippen molar-refractivity contribution in [3.05, 3.63) is 69.2 Å². The van der Waals surface area contributed by atoms with Crippen LogP contribution in [0.1, 0.15) is 43.0 Å². The van der Waals surface area contributed by atoms with Crippen LogP contribution in [0.3, 0.4) is 0 Å². The van der Waals surface area contributed by atoms with Gasteiger partial charge in [0, 0.05) is 9.50 Å². The summed E-state index contributed by atoms with van der Waals surface area (Å²) < 4.78 is 6.81. The molecule has 0 unspecified atom stereocenters. The summed E-state index contributed by atoms with van der Waals surface area (Å²) in [5.74, 6) is -1.33. The van der Waals surface area contributed by atoms with Gasteiger partial charge >= 0.3 is 5.97 Å². The van der Waals surface area contributed by atoms with Gasteiger partial charge in [-0.1, -0.05) is 65.1 Å². The van der Waals surface area contributed by atoms with Gasteiger partial charge in [-0.3, -0.25) is 4.79 Å². The van der Waals surface area contributed by atoms with E-state index >= 15 is 0 Å². The largest absolute Gasteiger partial charge is 0.480 e. The van der Waals surface area contributed by atoms with E-state index in [1.165, 1.54) is 4.90 Å². The maximum Gasteiger partial charge on any atom is 0.326 e. The van der Waals surface area contributed by atoms with E-state index < -0.39 is 24.2 Å². The fraction of sp³-hybridized carbons (Fsp3) is 0.333. The van der Waals surface area contributed by atoms with E-state index in [2.05, 4.69) is 15.9 Å². The molecular formula is C21H21BrClNO4. The first-order valence-corrected chi connectivity index (χ1v) is 10.3. The van der Waals surface area contributed by atoms with Crippen molar-refractivity contribution in [2.24, 2.45) is 0 Å². The molecule has 28 heavy (non-hydrogen) atoms. The number of morpholine rings is 1. The molecule has 148 valence electrons. The van der Waals surface area contributed by atoms with Crippen molar-refractivity contribution in [1.29, 1.82) is 0 Å². The van der Waals surface area contributed by atoms with E-state index in [0.717, 1.165) is 15.6 Å². The van der Waals surface area contributed by atoms with Gasteiger partial charge in [-0.15, -0.1) is 0 Å². The Bertz CT molecular complexity index is 840. The van der Waals surface area contributed by atoms with Gasteiger partial charge in [0.15, 0.2) is 0 Å². The van der Waals surface area contributed by atoms with Crippen LogP contribution in [0.25, 0.3) is 0 Å². The number of carbonyl (C=O) groups is 2. The standard InChI is InChI=1S/C21H21BrClNO4/c1-2-3-17(21(26)27)24-18(25)12-28-20(14-6-10-16(23)11-7-14)19(24)13-4-8-15(22)9-5-13/h4-11,17,19-20H,2-3,12H2,1H3,(H,26,27)/t17-,19+,20-/m1/s1. The SMILES string of the molecule is CCC[C@H](C(=O)O)N1C(=O)CO[C@H](c2ccc(Cl)cc2)[C@@H]1c1ccc(Br)cc1. The maximum absolute atomic E-state index is 12.8. The zero-order valence-corrected chi connectivity index (χ0v) is 17.7. The lowest BCUT2D eigenvalue weighted by Gasteiger charge is -2.44. The molecule has 1 amide bonds. The monoisotopic (exact) mass is 465 g/mol. The van der Waals surface area contributed by atoms with Crippen molar-refractivity contribution in [2.45, 2.75) is 38.0 Å². The van der Waals surface area contributed by atoms with E-state index in [1.54, 1.807) is 12.1 Å². The normalized spacial score (nSPS) is 20.8. The highest BCUT2D eigenvalue weighted by molar-refractivity contribution is 9.10. The lowest BCUT2D eigenvalue weighted by atomic mass is 9.91. The molecule has 1 saturated heterocycles. The van der Waals surface area contributed by atoms with Crippen LogP contribution in [0.15, 0.2) is 53.0 Å². The highest BCUT2D eigenvalue weighted by Gasteiger charge is 2.44. The maximum atomic E-state index is 12.8. The molecule has 0 saturated carbocycles. The number of hydrogen-bond donors (Lipinski definition) is 1. The second kappa shape index (κ2) is 9.07. The van der Waals surface area contributed by atoms with Crippen molar-refractivity contribution in [2.75, 3.05) is 6.61 Å². The summed E-state index contributed by atoms with van der Waals surface area (Å²) >= 11 is 9.44. The lowest BCUT2D eigenvalue weighted by molar-refractivity contribution is -0.171. The number of carboxylic acids is 1. The topological polar surface area (TPSA) is 66.8 Å². The van der Waals surface area contributed by atoms with E-state index in [9.17, 15) is 14.7 Å². The van der Waals surface area contributed by atoms with Crippen LogP contribution in [-0.2, 0) is 14.3 Å². The van der Waals surface area contributed by atoms with Crippen LogP contribution in [0.4, 0.5) is 0 Å². The van der Waals surface area contributed by atoms with Gasteiger partial charge in [-0.2, -0.15) is 0 Å². The van der Waals surface area contributed by atoms with Gasteiger partial charge < -0.3 is 14.7 Å². The highest BCUT2D eigenvalue weighted by Crippen LogP contribution is 2.42. The number of carbonyl (C=O) groups excluding carboxylic acids is 1. The summed E-state index contributed by atoms with van der Waals surface area (Å²) in [4.78, 5) is 26.3. The Kier molecular flexibility index (Phi) is 6.75. The van der Waals surface area contributed by atoms with Crippen LogP contribution >= 0.6 is 27.5 Å². The number of nitrogens with zero attached hydrogens (tertiary/aromatic N) is 1. The van der Waals surface area contributed by atoms with E-state index in [-0.39, 0.29) is 12.5 Å². The Labute approximate surface area is 177 Å². The molecule has 0 aromatic heterocycles. The molecule has 1 fully saturated rings. The predicted octanol–water partition coefficient (Wildman–Crippen LogP) is 5.00. The van der Waals surface area contributed by atoms with Gasteiger partial charge in [0.25, 0.3) is 0 Å². The molecule has 2 aromatic rings. The number of ether oxygens (including phenoxy) is 1. The molecular weight excluding hydrogens is 446 g/mol. The molecule has 0 radical (unpaired) electrons. The van der Waals surface area contributed by atoms with Gasteiger partial charge in [0.05, 0.1) is 6.04 Å². The minimum Gasteiger partial charge on any atom is -0.480 e. The number of benzene rings is 2. The number of halogens is 2. The van der Waals surface area contributed by atoms with Crippen molar-refractivity contribution < 1.29 is 19.4 Å². The minimum atomic E-state index is -1.01. The number of amides is 1. The lowest BCUT2D eigenvalue weighted by Crippen LogP contribution is -2.53. The van der Waals surface area contributed by atoms with Gasteiger partial charge in [0.2, 0.25) is 5.91 Å². The Morgan fingerprint density at radius 2 is 1.82 bits per heavy atom.